The molecule has 216 valence electrons. The van der Waals surface area contributed by atoms with Gasteiger partial charge in [-0.05, 0) is 47.2 Å². The van der Waals surface area contributed by atoms with Crippen LogP contribution in [0.2, 0.25) is 10.0 Å². The van der Waals surface area contributed by atoms with Crippen molar-refractivity contribution < 1.29 is 28.9 Å². The molecule has 0 bridgehead atoms. The number of amides is 1. The van der Waals surface area contributed by atoms with Gasteiger partial charge in [0.25, 0.3) is 11.7 Å². The van der Waals surface area contributed by atoms with Gasteiger partial charge in [0.05, 0.1) is 43.0 Å². The Labute approximate surface area is 250 Å². The second-order valence-electron chi connectivity index (χ2n) is 10.7. The minimum absolute atomic E-state index is 0.0251. The lowest BCUT2D eigenvalue weighted by Gasteiger charge is -2.27. The van der Waals surface area contributed by atoms with Crippen molar-refractivity contribution in [3.05, 3.63) is 92.5 Å². The van der Waals surface area contributed by atoms with Crippen molar-refractivity contribution >= 4 is 40.7 Å². The van der Waals surface area contributed by atoms with E-state index in [9.17, 15) is 14.7 Å². The molecular weight excluding hydrogens is 565 g/mol. The van der Waals surface area contributed by atoms with Gasteiger partial charge in [-0.1, -0.05) is 80.4 Å². The van der Waals surface area contributed by atoms with Crippen LogP contribution in [0, 0.1) is 0 Å². The van der Waals surface area contributed by atoms with Gasteiger partial charge in [0.1, 0.15) is 16.5 Å². The van der Waals surface area contributed by atoms with Gasteiger partial charge in [0, 0.05) is 6.54 Å². The zero-order valence-corrected chi connectivity index (χ0v) is 25.4. The van der Waals surface area contributed by atoms with E-state index in [0.29, 0.717) is 17.9 Å². The number of rotatable bonds is 8. The second kappa shape index (κ2) is 12.0. The summed E-state index contributed by atoms with van der Waals surface area (Å²) in [5.74, 6) is -1.17. The Kier molecular flexibility index (Phi) is 8.90. The average Bonchev–Trinajstić information content (AvgIpc) is 3.17. The van der Waals surface area contributed by atoms with Gasteiger partial charge in [-0.2, -0.15) is 0 Å². The smallest absolute Gasteiger partial charge is 0.295 e. The van der Waals surface area contributed by atoms with Gasteiger partial charge in [0.15, 0.2) is 11.5 Å². The van der Waals surface area contributed by atoms with E-state index >= 15 is 0 Å². The second-order valence-corrected chi connectivity index (χ2v) is 11.5. The molecule has 4 rings (SSSR count). The first kappa shape index (κ1) is 30.3. The van der Waals surface area contributed by atoms with E-state index in [1.807, 2.05) is 55.5 Å². The minimum Gasteiger partial charge on any atom is -0.507 e. The number of Topliss-reactive ketones (excluding diaryl/α,β-unsaturated/α-hetero) is 1. The molecular formula is C32H33Cl2NO6. The summed E-state index contributed by atoms with van der Waals surface area (Å²) >= 11 is 12.9. The number of ether oxygens (including phenoxy) is 3. The molecule has 0 aromatic heterocycles. The molecule has 7 nitrogen and oxygen atoms in total. The quantitative estimate of drug-likeness (QED) is 0.166. The molecule has 1 atom stereocenters. The monoisotopic (exact) mass is 597 g/mol. The lowest BCUT2D eigenvalue weighted by molar-refractivity contribution is -0.140. The summed E-state index contributed by atoms with van der Waals surface area (Å²) in [5, 5.41) is 11.8. The number of aliphatic hydroxyl groups excluding tert-OH is 1. The molecule has 1 heterocycles. The van der Waals surface area contributed by atoms with E-state index in [2.05, 4.69) is 20.8 Å². The normalized spacial score (nSPS) is 16.7. The molecule has 0 spiro atoms. The van der Waals surface area contributed by atoms with Crippen LogP contribution < -0.4 is 14.2 Å². The van der Waals surface area contributed by atoms with Crippen molar-refractivity contribution in [2.45, 2.75) is 45.7 Å². The molecule has 1 aliphatic rings. The van der Waals surface area contributed by atoms with Gasteiger partial charge in [-0.3, -0.25) is 9.59 Å². The highest BCUT2D eigenvalue weighted by Crippen LogP contribution is 2.47. The predicted octanol–water partition coefficient (Wildman–Crippen LogP) is 7.33. The number of nitrogens with zero attached hydrogens (tertiary/aromatic N) is 1. The summed E-state index contributed by atoms with van der Waals surface area (Å²) in [4.78, 5) is 28.6. The Hall–Kier alpha value is -3.68. The highest BCUT2D eigenvalue weighted by atomic mass is 35.5. The highest BCUT2D eigenvalue weighted by molar-refractivity contribution is 6.47. The third-order valence-corrected chi connectivity index (χ3v) is 7.61. The van der Waals surface area contributed by atoms with Gasteiger partial charge >= 0.3 is 0 Å². The third kappa shape index (κ3) is 5.88. The number of carbonyl (C=O) groups excluding carboxylic acids is 2. The maximum atomic E-state index is 13.6. The van der Waals surface area contributed by atoms with E-state index in [1.165, 1.54) is 25.2 Å². The van der Waals surface area contributed by atoms with E-state index in [-0.39, 0.29) is 44.6 Å². The topological polar surface area (TPSA) is 85.3 Å². The molecule has 1 amide bonds. The molecule has 1 aliphatic heterocycles. The van der Waals surface area contributed by atoms with Crippen molar-refractivity contribution in [1.29, 1.82) is 0 Å². The van der Waals surface area contributed by atoms with Crippen LogP contribution in [0.3, 0.4) is 0 Å². The van der Waals surface area contributed by atoms with Crippen molar-refractivity contribution in [3.8, 4) is 17.2 Å². The summed E-state index contributed by atoms with van der Waals surface area (Å²) < 4.78 is 16.4. The fourth-order valence-corrected chi connectivity index (χ4v) is 5.63. The van der Waals surface area contributed by atoms with Gasteiger partial charge in [-0.25, -0.2) is 0 Å². The highest BCUT2D eigenvalue weighted by Gasteiger charge is 2.46. The fourth-order valence-electron chi connectivity index (χ4n) is 4.94. The van der Waals surface area contributed by atoms with E-state index in [4.69, 9.17) is 37.4 Å². The van der Waals surface area contributed by atoms with Gasteiger partial charge in [0.2, 0.25) is 0 Å². The first-order valence-electron chi connectivity index (χ1n) is 13.1. The molecule has 9 heteroatoms. The zero-order chi connectivity index (χ0) is 30.1. The predicted molar refractivity (Wildman–Crippen MR) is 160 cm³/mol. The zero-order valence-electron chi connectivity index (χ0n) is 23.9. The van der Waals surface area contributed by atoms with Crippen molar-refractivity contribution in [2.24, 2.45) is 0 Å². The lowest BCUT2D eigenvalue weighted by Crippen LogP contribution is -2.29. The Morgan fingerprint density at radius 1 is 0.976 bits per heavy atom. The van der Waals surface area contributed by atoms with Gasteiger partial charge < -0.3 is 24.2 Å². The number of carbonyl (C=O) groups is 2. The molecule has 1 saturated heterocycles. The standard InChI is InChI=1S/C32H33Cl2NO6/c1-7-41-21-10-8-9-18(15-21)17-35-26(19-11-13-20(14-12-19)32(2,3)4)24(28(37)31(35)38)27(36)22-16-23(33)30(40-6)25(34)29(22)39-5/h8-16,26,36H,7,17H2,1-6H3/b27-24+. The van der Waals surface area contributed by atoms with Crippen LogP contribution in [0.1, 0.15) is 56.0 Å². The maximum Gasteiger partial charge on any atom is 0.295 e. The van der Waals surface area contributed by atoms with Crippen LogP contribution in [0.4, 0.5) is 0 Å². The molecule has 0 aliphatic carbocycles. The van der Waals surface area contributed by atoms with Crippen LogP contribution in [0.15, 0.2) is 60.2 Å². The fraction of sp³-hybridized carbons (Fsp3) is 0.312. The third-order valence-electron chi connectivity index (χ3n) is 6.99. The molecule has 3 aromatic rings. The summed E-state index contributed by atoms with van der Waals surface area (Å²) in [6.07, 6.45) is 0. The SMILES string of the molecule is CCOc1cccc(CN2C(=O)C(=O)/C(=C(/O)c3cc(Cl)c(OC)c(Cl)c3OC)C2c2ccc(C(C)(C)C)cc2)c1. The maximum absolute atomic E-state index is 13.6. The largest absolute Gasteiger partial charge is 0.507 e. The van der Waals surface area contributed by atoms with Crippen molar-refractivity contribution in [3.63, 3.8) is 0 Å². The van der Waals surface area contributed by atoms with Crippen molar-refractivity contribution in [1.82, 2.24) is 4.90 Å². The lowest BCUT2D eigenvalue weighted by atomic mass is 9.85. The van der Waals surface area contributed by atoms with Gasteiger partial charge in [-0.15, -0.1) is 0 Å². The van der Waals surface area contributed by atoms with Crippen LogP contribution in [0.25, 0.3) is 5.76 Å². The number of ketones is 1. The number of likely N-dealkylation sites (tertiary alicyclic amines) is 1. The first-order chi connectivity index (χ1) is 19.4. The van der Waals surface area contributed by atoms with E-state index in [0.717, 1.165) is 11.1 Å². The summed E-state index contributed by atoms with van der Waals surface area (Å²) in [5.41, 5.74) is 2.36. The number of benzene rings is 3. The molecule has 1 N–H and O–H groups in total. The Morgan fingerprint density at radius 3 is 2.22 bits per heavy atom. The number of aliphatic hydroxyl groups is 1. The molecule has 1 unspecified atom stereocenters. The summed E-state index contributed by atoms with van der Waals surface area (Å²) in [6.45, 7) is 8.78. The summed E-state index contributed by atoms with van der Waals surface area (Å²) in [6, 6.07) is 15.5. The number of halogens is 2. The van der Waals surface area contributed by atoms with Crippen LogP contribution in [-0.2, 0) is 21.5 Å². The number of hydrogen-bond donors (Lipinski definition) is 1. The molecule has 1 fully saturated rings. The molecule has 0 saturated carbocycles. The van der Waals surface area contributed by atoms with E-state index < -0.39 is 23.5 Å². The van der Waals surface area contributed by atoms with E-state index in [1.54, 1.807) is 0 Å². The Bertz CT molecular complexity index is 1510. The minimum atomic E-state index is -0.899. The summed E-state index contributed by atoms with van der Waals surface area (Å²) in [7, 11) is 2.78. The molecule has 3 aromatic carbocycles. The molecule has 0 radical (unpaired) electrons. The Balaban J connectivity index is 1.92. The average molecular weight is 599 g/mol. The van der Waals surface area contributed by atoms with Crippen molar-refractivity contribution in [2.75, 3.05) is 20.8 Å². The number of hydrogen-bond acceptors (Lipinski definition) is 6. The molecule has 41 heavy (non-hydrogen) atoms. The number of methoxy groups -OCH3 is 2. The van der Waals surface area contributed by atoms with Crippen LogP contribution in [-0.4, -0.2) is 42.5 Å². The van der Waals surface area contributed by atoms with Crippen LogP contribution >= 0.6 is 23.2 Å². The first-order valence-corrected chi connectivity index (χ1v) is 13.9. The van der Waals surface area contributed by atoms with Crippen LogP contribution in [0.5, 0.6) is 17.2 Å². The Morgan fingerprint density at radius 2 is 1.63 bits per heavy atom.